The van der Waals surface area contributed by atoms with Crippen LogP contribution in [-0.4, -0.2) is 35.0 Å². The molecule has 0 amide bonds. The van der Waals surface area contributed by atoms with Crippen LogP contribution < -0.4 is 11.1 Å². The fourth-order valence-electron chi connectivity index (χ4n) is 1.79. The lowest BCUT2D eigenvalue weighted by Gasteiger charge is -2.25. The summed E-state index contributed by atoms with van der Waals surface area (Å²) in [6.07, 6.45) is 1.87. The van der Waals surface area contributed by atoms with Crippen LogP contribution in [0.1, 0.15) is 18.2 Å². The third-order valence-electron chi connectivity index (χ3n) is 2.54. The molecule has 6 nitrogen and oxygen atoms in total. The molecule has 1 atom stereocenters. The Kier molecular flexibility index (Phi) is 3.03. The Morgan fingerprint density at radius 1 is 1.47 bits per heavy atom. The number of guanidine groups is 2. The van der Waals surface area contributed by atoms with Crippen molar-refractivity contribution in [3.05, 3.63) is 23.5 Å². The molecule has 0 aliphatic carbocycles. The predicted octanol–water partition coefficient (Wildman–Crippen LogP) is 0.375. The summed E-state index contributed by atoms with van der Waals surface area (Å²) >= 11 is 0. The topological polar surface area (TPSA) is 81.8 Å². The second kappa shape index (κ2) is 4.48. The van der Waals surface area contributed by atoms with E-state index in [1.807, 2.05) is 32.0 Å². The summed E-state index contributed by atoms with van der Waals surface area (Å²) in [7, 11) is 1.97. The van der Waals surface area contributed by atoms with E-state index >= 15 is 0 Å². The van der Waals surface area contributed by atoms with E-state index in [4.69, 9.17) is 5.73 Å². The maximum Gasteiger partial charge on any atom is 0.202 e. The Morgan fingerprint density at radius 2 is 2.24 bits per heavy atom. The lowest BCUT2D eigenvalue weighted by atomic mass is 10.3. The van der Waals surface area contributed by atoms with Crippen molar-refractivity contribution in [3.8, 4) is 0 Å². The minimum atomic E-state index is -0.123. The first kappa shape index (κ1) is 11.5. The van der Waals surface area contributed by atoms with Crippen molar-refractivity contribution in [2.75, 3.05) is 7.05 Å². The van der Waals surface area contributed by atoms with Crippen LogP contribution in [0.3, 0.4) is 0 Å². The van der Waals surface area contributed by atoms with E-state index in [0.717, 1.165) is 18.2 Å². The molecule has 4 N–H and O–H groups in total. The van der Waals surface area contributed by atoms with Gasteiger partial charge in [0.1, 0.15) is 6.17 Å². The van der Waals surface area contributed by atoms with Crippen molar-refractivity contribution in [3.63, 3.8) is 0 Å². The van der Waals surface area contributed by atoms with Crippen LogP contribution in [0, 0.1) is 6.92 Å². The maximum atomic E-state index is 5.68. The predicted molar refractivity (Wildman–Crippen MR) is 68.7 cm³/mol. The average molecular weight is 234 g/mol. The van der Waals surface area contributed by atoms with Gasteiger partial charge in [-0.25, -0.2) is 9.98 Å². The second-order valence-corrected chi connectivity index (χ2v) is 4.27. The number of aliphatic imine (C=N–C) groups is 2. The monoisotopic (exact) mass is 234 g/mol. The molecule has 0 bridgehead atoms. The maximum absolute atomic E-state index is 5.68. The Morgan fingerprint density at radius 3 is 2.82 bits per heavy atom. The second-order valence-electron chi connectivity index (χ2n) is 4.27. The van der Waals surface area contributed by atoms with Gasteiger partial charge in [0.25, 0.3) is 0 Å². The summed E-state index contributed by atoms with van der Waals surface area (Å²) in [5.74, 6) is 1.17. The minimum Gasteiger partial charge on any atom is -0.370 e. The lowest BCUT2D eigenvalue weighted by molar-refractivity contribution is 0.478. The van der Waals surface area contributed by atoms with Crippen LogP contribution in [0.5, 0.6) is 0 Å². The number of aryl methyl sites for hydroxylation is 1. The number of aromatic nitrogens is 1. The van der Waals surface area contributed by atoms with Gasteiger partial charge in [-0.2, -0.15) is 0 Å². The smallest absolute Gasteiger partial charge is 0.202 e. The molecule has 6 heteroatoms. The molecule has 2 heterocycles. The molecule has 1 aromatic rings. The van der Waals surface area contributed by atoms with E-state index in [1.54, 1.807) is 0 Å². The molecule has 2 rings (SSSR count). The molecule has 0 spiro atoms. The number of aromatic amines is 1. The molecule has 0 saturated heterocycles. The molecule has 0 aromatic carbocycles. The van der Waals surface area contributed by atoms with E-state index in [0.29, 0.717) is 5.96 Å². The highest BCUT2D eigenvalue weighted by molar-refractivity contribution is 5.99. The summed E-state index contributed by atoms with van der Waals surface area (Å²) < 4.78 is 0. The van der Waals surface area contributed by atoms with Crippen LogP contribution in [0.4, 0.5) is 0 Å². The van der Waals surface area contributed by atoms with Gasteiger partial charge in [0.05, 0.1) is 0 Å². The molecule has 92 valence electrons. The SMILES string of the molecule is Cc1cc(CN(C)C2=NC(C)N=C(N)N2)c[nH]1. The number of H-pyrrole nitrogens is 1. The number of hydrogen-bond donors (Lipinski definition) is 3. The molecule has 1 aliphatic heterocycles. The van der Waals surface area contributed by atoms with Crippen molar-refractivity contribution in [1.82, 2.24) is 15.2 Å². The summed E-state index contributed by atoms with van der Waals surface area (Å²) in [5, 5.41) is 2.97. The fraction of sp³-hybridized carbons (Fsp3) is 0.455. The van der Waals surface area contributed by atoms with Crippen LogP contribution >= 0.6 is 0 Å². The van der Waals surface area contributed by atoms with Gasteiger partial charge in [0.15, 0.2) is 5.96 Å². The van der Waals surface area contributed by atoms with E-state index in [-0.39, 0.29) is 6.17 Å². The van der Waals surface area contributed by atoms with Gasteiger partial charge in [-0.1, -0.05) is 0 Å². The third-order valence-corrected chi connectivity index (χ3v) is 2.54. The molecule has 1 aromatic heterocycles. The van der Waals surface area contributed by atoms with Gasteiger partial charge >= 0.3 is 0 Å². The van der Waals surface area contributed by atoms with Gasteiger partial charge < -0.3 is 15.6 Å². The largest absolute Gasteiger partial charge is 0.370 e. The van der Waals surface area contributed by atoms with Gasteiger partial charge in [0.2, 0.25) is 5.96 Å². The van der Waals surface area contributed by atoms with E-state index in [1.165, 1.54) is 5.56 Å². The first-order valence-electron chi connectivity index (χ1n) is 5.57. The molecule has 0 radical (unpaired) electrons. The highest BCUT2D eigenvalue weighted by Gasteiger charge is 2.14. The van der Waals surface area contributed by atoms with E-state index in [9.17, 15) is 0 Å². The molecular formula is C11H18N6. The van der Waals surface area contributed by atoms with Crippen LogP contribution in [0.15, 0.2) is 22.2 Å². The average Bonchev–Trinajstić information content (AvgIpc) is 2.62. The Bertz CT molecular complexity index is 458. The van der Waals surface area contributed by atoms with Crippen molar-refractivity contribution in [1.29, 1.82) is 0 Å². The van der Waals surface area contributed by atoms with E-state index < -0.39 is 0 Å². The zero-order valence-corrected chi connectivity index (χ0v) is 10.4. The Balaban J connectivity index is 2.03. The number of nitrogens with one attached hydrogen (secondary N) is 2. The standard InChI is InChI=1S/C11H18N6/c1-7-4-9(5-13-7)6-17(3)11-15-8(2)14-10(12)16-11/h4-5,8,13H,6H2,1-3H3,(H3,12,14,15,16). The van der Waals surface area contributed by atoms with Crippen LogP contribution in [0.25, 0.3) is 0 Å². The van der Waals surface area contributed by atoms with Crippen molar-refractivity contribution in [2.45, 2.75) is 26.6 Å². The first-order chi connectivity index (χ1) is 8.04. The van der Waals surface area contributed by atoms with E-state index in [2.05, 4.69) is 26.4 Å². The van der Waals surface area contributed by atoms with Crippen LogP contribution in [-0.2, 0) is 6.54 Å². The van der Waals surface area contributed by atoms with Crippen LogP contribution in [0.2, 0.25) is 0 Å². The molecule has 0 saturated carbocycles. The fourth-order valence-corrected chi connectivity index (χ4v) is 1.79. The van der Waals surface area contributed by atoms with Crippen molar-refractivity contribution in [2.24, 2.45) is 15.7 Å². The zero-order chi connectivity index (χ0) is 12.4. The first-order valence-corrected chi connectivity index (χ1v) is 5.57. The highest BCUT2D eigenvalue weighted by Crippen LogP contribution is 2.07. The molecule has 1 unspecified atom stereocenters. The molecular weight excluding hydrogens is 216 g/mol. The number of hydrogen-bond acceptors (Lipinski definition) is 5. The summed E-state index contributed by atoms with van der Waals surface area (Å²) in [5.41, 5.74) is 8.04. The number of nitrogens with two attached hydrogens (primary N) is 1. The summed E-state index contributed by atoms with van der Waals surface area (Å²) in [6.45, 7) is 4.71. The number of rotatable bonds is 2. The lowest BCUT2D eigenvalue weighted by Crippen LogP contribution is -2.48. The summed E-state index contributed by atoms with van der Waals surface area (Å²) in [4.78, 5) is 13.7. The quantitative estimate of drug-likeness (QED) is 0.691. The normalized spacial score (nSPS) is 19.4. The number of nitrogens with zero attached hydrogens (tertiary/aromatic N) is 3. The van der Waals surface area contributed by atoms with Gasteiger partial charge in [0, 0.05) is 25.5 Å². The minimum absolute atomic E-state index is 0.123. The Hall–Kier alpha value is -1.98. The molecule has 1 aliphatic rings. The van der Waals surface area contributed by atoms with Gasteiger partial charge in [-0.15, -0.1) is 0 Å². The van der Waals surface area contributed by atoms with Crippen molar-refractivity contribution < 1.29 is 0 Å². The highest BCUT2D eigenvalue weighted by atomic mass is 15.4. The third kappa shape index (κ3) is 2.77. The molecule has 17 heavy (non-hydrogen) atoms. The zero-order valence-electron chi connectivity index (χ0n) is 10.4. The van der Waals surface area contributed by atoms with Crippen molar-refractivity contribution >= 4 is 11.9 Å². The molecule has 0 fully saturated rings. The van der Waals surface area contributed by atoms with Gasteiger partial charge in [-0.3, -0.25) is 5.32 Å². The van der Waals surface area contributed by atoms with Gasteiger partial charge in [-0.05, 0) is 25.5 Å². The Labute approximate surface area is 101 Å². The summed E-state index contributed by atoms with van der Waals surface area (Å²) in [6, 6.07) is 2.11.